The number of halogens is 1. The van der Waals surface area contributed by atoms with Gasteiger partial charge in [0.15, 0.2) is 0 Å². The van der Waals surface area contributed by atoms with Crippen LogP contribution in [-0.4, -0.2) is 24.7 Å². The van der Waals surface area contributed by atoms with Crippen molar-refractivity contribution in [3.63, 3.8) is 0 Å². The predicted octanol–water partition coefficient (Wildman–Crippen LogP) is 2.04. The molecule has 0 aromatic heterocycles. The highest BCUT2D eigenvalue weighted by molar-refractivity contribution is 5.94. The first-order valence-corrected chi connectivity index (χ1v) is 7.04. The lowest BCUT2D eigenvalue weighted by Crippen LogP contribution is -2.29. The van der Waals surface area contributed by atoms with E-state index in [-0.39, 0.29) is 30.5 Å². The monoisotopic (exact) mass is 296 g/mol. The molecule has 0 unspecified atom stereocenters. The Kier molecular flexibility index (Phi) is 5.02. The van der Waals surface area contributed by atoms with Crippen molar-refractivity contribution in [2.45, 2.75) is 44.3 Å². The second kappa shape index (κ2) is 6.57. The molecule has 20 heavy (non-hydrogen) atoms. The molecule has 0 saturated carbocycles. The van der Waals surface area contributed by atoms with Gasteiger partial charge in [-0.25, -0.2) is 0 Å². The molecular formula is C15H21ClN2O2. The fourth-order valence-corrected chi connectivity index (χ4v) is 2.94. The SMILES string of the molecule is Cl.NC[C@H]1CC[C@@H](C(=O)Nc2ccc3c(c2)CCC3)O1. The van der Waals surface area contributed by atoms with Crippen molar-refractivity contribution in [3.8, 4) is 0 Å². The van der Waals surface area contributed by atoms with Gasteiger partial charge in [-0.2, -0.15) is 0 Å². The molecule has 3 N–H and O–H groups in total. The van der Waals surface area contributed by atoms with Gasteiger partial charge in [-0.1, -0.05) is 6.07 Å². The Labute approximate surface area is 125 Å². The van der Waals surface area contributed by atoms with E-state index < -0.39 is 0 Å². The van der Waals surface area contributed by atoms with Crippen LogP contribution in [0.4, 0.5) is 5.69 Å². The van der Waals surface area contributed by atoms with Crippen LogP contribution in [0.3, 0.4) is 0 Å². The minimum absolute atomic E-state index is 0. The van der Waals surface area contributed by atoms with Gasteiger partial charge in [0.2, 0.25) is 0 Å². The molecule has 0 radical (unpaired) electrons. The van der Waals surface area contributed by atoms with Crippen molar-refractivity contribution in [3.05, 3.63) is 29.3 Å². The normalized spacial score (nSPS) is 24.1. The van der Waals surface area contributed by atoms with Crippen LogP contribution in [0.2, 0.25) is 0 Å². The average molecular weight is 297 g/mol. The Morgan fingerprint density at radius 3 is 2.85 bits per heavy atom. The van der Waals surface area contributed by atoms with E-state index >= 15 is 0 Å². The molecule has 1 aromatic rings. The van der Waals surface area contributed by atoms with Gasteiger partial charge in [-0.3, -0.25) is 4.79 Å². The van der Waals surface area contributed by atoms with Crippen molar-refractivity contribution in [1.29, 1.82) is 0 Å². The molecule has 1 aliphatic heterocycles. The Morgan fingerprint density at radius 2 is 2.10 bits per heavy atom. The van der Waals surface area contributed by atoms with Gasteiger partial charge in [0.1, 0.15) is 6.10 Å². The summed E-state index contributed by atoms with van der Waals surface area (Å²) in [7, 11) is 0. The summed E-state index contributed by atoms with van der Waals surface area (Å²) in [5.41, 5.74) is 9.21. The molecular weight excluding hydrogens is 276 g/mol. The summed E-state index contributed by atoms with van der Waals surface area (Å²) in [6.07, 6.45) is 4.83. The molecule has 0 bridgehead atoms. The fraction of sp³-hybridized carbons (Fsp3) is 0.533. The van der Waals surface area contributed by atoms with E-state index in [9.17, 15) is 4.79 Å². The number of anilines is 1. The van der Waals surface area contributed by atoms with Crippen molar-refractivity contribution in [2.75, 3.05) is 11.9 Å². The zero-order chi connectivity index (χ0) is 13.2. The standard InChI is InChI=1S/C15H20N2O2.ClH/c16-9-13-6-7-14(19-13)15(18)17-12-5-4-10-2-1-3-11(10)8-12;/h4-5,8,13-14H,1-3,6-7,9,16H2,(H,17,18);1H/t13-,14+;/m1./s1. The van der Waals surface area contributed by atoms with Gasteiger partial charge >= 0.3 is 0 Å². The highest BCUT2D eigenvalue weighted by Gasteiger charge is 2.29. The first-order chi connectivity index (χ1) is 9.26. The number of rotatable bonds is 3. The Balaban J connectivity index is 0.00000147. The number of hydrogen-bond donors (Lipinski definition) is 2. The lowest BCUT2D eigenvalue weighted by atomic mass is 10.1. The van der Waals surface area contributed by atoms with Gasteiger partial charge in [0.25, 0.3) is 5.91 Å². The highest BCUT2D eigenvalue weighted by Crippen LogP contribution is 2.26. The number of nitrogens with two attached hydrogens (primary N) is 1. The van der Waals surface area contributed by atoms with Crippen LogP contribution < -0.4 is 11.1 Å². The largest absolute Gasteiger partial charge is 0.364 e. The minimum Gasteiger partial charge on any atom is -0.364 e. The molecule has 5 heteroatoms. The molecule has 2 atom stereocenters. The number of ether oxygens (including phenoxy) is 1. The topological polar surface area (TPSA) is 64.4 Å². The van der Waals surface area contributed by atoms with Crippen molar-refractivity contribution in [2.24, 2.45) is 5.73 Å². The zero-order valence-corrected chi connectivity index (χ0v) is 12.2. The Bertz CT molecular complexity index is 493. The molecule has 1 fully saturated rings. The van der Waals surface area contributed by atoms with E-state index in [1.165, 1.54) is 17.5 Å². The Hall–Kier alpha value is -1.10. The molecule has 110 valence electrons. The van der Waals surface area contributed by atoms with Gasteiger partial charge in [0, 0.05) is 12.2 Å². The van der Waals surface area contributed by atoms with E-state index in [2.05, 4.69) is 17.4 Å². The molecule has 4 nitrogen and oxygen atoms in total. The molecule has 1 aliphatic carbocycles. The van der Waals surface area contributed by atoms with Crippen LogP contribution in [0.15, 0.2) is 18.2 Å². The molecule has 1 amide bonds. The first kappa shape index (κ1) is 15.3. The molecule has 1 aromatic carbocycles. The zero-order valence-electron chi connectivity index (χ0n) is 11.4. The molecule has 2 aliphatic rings. The second-order valence-electron chi connectivity index (χ2n) is 5.39. The maximum absolute atomic E-state index is 12.1. The maximum atomic E-state index is 12.1. The summed E-state index contributed by atoms with van der Waals surface area (Å²) < 4.78 is 5.60. The molecule has 1 heterocycles. The van der Waals surface area contributed by atoms with Crippen LogP contribution in [0.5, 0.6) is 0 Å². The second-order valence-corrected chi connectivity index (χ2v) is 5.39. The third-order valence-electron chi connectivity index (χ3n) is 4.03. The minimum atomic E-state index is -0.346. The lowest BCUT2D eigenvalue weighted by Gasteiger charge is -2.13. The van der Waals surface area contributed by atoms with Crippen molar-refractivity contribution < 1.29 is 9.53 Å². The van der Waals surface area contributed by atoms with Crippen LogP contribution >= 0.6 is 12.4 Å². The van der Waals surface area contributed by atoms with E-state index in [1.54, 1.807) is 0 Å². The summed E-state index contributed by atoms with van der Waals surface area (Å²) in [4.78, 5) is 12.1. The number of carbonyl (C=O) groups is 1. The summed E-state index contributed by atoms with van der Waals surface area (Å²) in [5, 5.41) is 2.95. The average Bonchev–Trinajstić information content (AvgIpc) is 3.06. The highest BCUT2D eigenvalue weighted by atomic mass is 35.5. The summed E-state index contributed by atoms with van der Waals surface area (Å²) in [6.45, 7) is 0.489. The van der Waals surface area contributed by atoms with E-state index in [0.29, 0.717) is 6.54 Å². The molecule has 1 saturated heterocycles. The molecule has 3 rings (SSSR count). The van der Waals surface area contributed by atoms with Gasteiger partial charge < -0.3 is 15.8 Å². The predicted molar refractivity (Wildman–Crippen MR) is 81.3 cm³/mol. The summed E-state index contributed by atoms with van der Waals surface area (Å²) in [5.74, 6) is -0.0473. The number of amides is 1. The van der Waals surface area contributed by atoms with Gasteiger partial charge in [-0.05, 0) is 55.4 Å². The lowest BCUT2D eigenvalue weighted by molar-refractivity contribution is -0.126. The smallest absolute Gasteiger partial charge is 0.253 e. The van der Waals surface area contributed by atoms with Crippen LogP contribution in [0.1, 0.15) is 30.4 Å². The fourth-order valence-electron chi connectivity index (χ4n) is 2.94. The third kappa shape index (κ3) is 3.14. The van der Waals surface area contributed by atoms with Crippen LogP contribution in [0.25, 0.3) is 0 Å². The van der Waals surface area contributed by atoms with Crippen molar-refractivity contribution in [1.82, 2.24) is 0 Å². The number of nitrogens with one attached hydrogen (secondary N) is 1. The quantitative estimate of drug-likeness (QED) is 0.897. The Morgan fingerprint density at radius 1 is 1.30 bits per heavy atom. The van der Waals surface area contributed by atoms with Crippen molar-refractivity contribution >= 4 is 24.0 Å². The summed E-state index contributed by atoms with van der Waals surface area (Å²) in [6, 6.07) is 6.20. The van der Waals surface area contributed by atoms with Crippen LogP contribution in [0, 0.1) is 0 Å². The first-order valence-electron chi connectivity index (χ1n) is 7.04. The number of hydrogen-bond acceptors (Lipinski definition) is 3. The number of benzene rings is 1. The maximum Gasteiger partial charge on any atom is 0.253 e. The van der Waals surface area contributed by atoms with E-state index in [0.717, 1.165) is 31.4 Å². The van der Waals surface area contributed by atoms with E-state index in [1.807, 2.05) is 6.07 Å². The molecule has 0 spiro atoms. The van der Waals surface area contributed by atoms with Crippen LogP contribution in [-0.2, 0) is 22.4 Å². The number of fused-ring (bicyclic) bond motifs is 1. The van der Waals surface area contributed by atoms with E-state index in [4.69, 9.17) is 10.5 Å². The third-order valence-corrected chi connectivity index (χ3v) is 4.03. The number of aryl methyl sites for hydroxylation is 2. The van der Waals surface area contributed by atoms with Gasteiger partial charge in [-0.15, -0.1) is 12.4 Å². The van der Waals surface area contributed by atoms with Gasteiger partial charge in [0.05, 0.1) is 6.10 Å². The summed E-state index contributed by atoms with van der Waals surface area (Å²) >= 11 is 0. The number of carbonyl (C=O) groups excluding carboxylic acids is 1.